The van der Waals surface area contributed by atoms with Crippen LogP contribution in [-0.4, -0.2) is 56.9 Å². The first-order chi connectivity index (χ1) is 23.1. The molecule has 2 atom stereocenters. The van der Waals surface area contributed by atoms with Crippen molar-refractivity contribution in [3.05, 3.63) is 113 Å². The molecule has 0 radical (unpaired) electrons. The van der Waals surface area contributed by atoms with Gasteiger partial charge < -0.3 is 24.4 Å². The molecule has 1 unspecified atom stereocenters. The van der Waals surface area contributed by atoms with E-state index in [1.54, 1.807) is 12.0 Å². The van der Waals surface area contributed by atoms with Crippen molar-refractivity contribution in [2.75, 3.05) is 40.0 Å². The summed E-state index contributed by atoms with van der Waals surface area (Å²) in [6, 6.07) is 24.9. The number of rotatable bonds is 10. The molecule has 2 aliphatic carbocycles. The fourth-order valence-corrected chi connectivity index (χ4v) is 8.12. The van der Waals surface area contributed by atoms with Gasteiger partial charge in [-0.15, -0.1) is 0 Å². The SMILES string of the molecule is COCCCCC1(CNC(=O)[C@H]2CCCN(C(=O)OCC3c4ccccc4-c4ccccc43)C2)C2=C(C=CCC2)Oc2ccccc21. The first kappa shape index (κ1) is 31.3. The summed E-state index contributed by atoms with van der Waals surface area (Å²) in [4.78, 5) is 29.0. The smallest absolute Gasteiger partial charge is 0.409 e. The quantitative estimate of drug-likeness (QED) is 0.234. The van der Waals surface area contributed by atoms with Gasteiger partial charge in [-0.25, -0.2) is 4.79 Å². The molecule has 2 heterocycles. The molecular weight excluding hydrogens is 588 g/mol. The summed E-state index contributed by atoms with van der Waals surface area (Å²) in [5, 5.41) is 3.37. The minimum atomic E-state index is -0.362. The van der Waals surface area contributed by atoms with Crippen LogP contribution < -0.4 is 10.1 Å². The maximum absolute atomic E-state index is 13.9. The molecule has 7 heteroatoms. The van der Waals surface area contributed by atoms with E-state index in [4.69, 9.17) is 14.2 Å². The average molecular weight is 633 g/mol. The number of nitrogens with one attached hydrogen (secondary N) is 1. The van der Waals surface area contributed by atoms with Gasteiger partial charge in [-0.2, -0.15) is 0 Å². The molecule has 1 N–H and O–H groups in total. The molecule has 2 amide bonds. The summed E-state index contributed by atoms with van der Waals surface area (Å²) in [7, 11) is 1.74. The predicted octanol–water partition coefficient (Wildman–Crippen LogP) is 7.51. The number of carbonyl (C=O) groups excluding carboxylic acids is 2. The summed E-state index contributed by atoms with van der Waals surface area (Å²) in [6.45, 7) is 2.43. The number of para-hydroxylation sites is 1. The predicted molar refractivity (Wildman–Crippen MR) is 182 cm³/mol. The van der Waals surface area contributed by atoms with Crippen LogP contribution in [-0.2, 0) is 19.7 Å². The van der Waals surface area contributed by atoms with Crippen LogP contribution in [0.5, 0.6) is 5.75 Å². The standard InChI is InChI=1S/C40H44N2O5/c1-45-24-11-10-22-40(34-18-6-8-20-36(34)47-37-21-9-7-19-35(37)40)27-41-38(43)28-13-12-23-42(25-28)39(44)46-26-33-31-16-4-2-14-29(31)30-15-3-5-17-32(30)33/h2-6,8-9,14-18,20-21,28,33H,7,10-13,19,22-27H2,1H3,(H,41,43)/t28-,40?/m0/s1. The Kier molecular flexibility index (Phi) is 9.16. The lowest BCUT2D eigenvalue weighted by Gasteiger charge is -2.43. The van der Waals surface area contributed by atoms with Crippen LogP contribution in [0.25, 0.3) is 11.1 Å². The van der Waals surface area contributed by atoms with Gasteiger partial charge in [-0.05, 0) is 84.9 Å². The number of nitrogens with zero attached hydrogens (tertiary/aromatic N) is 1. The third kappa shape index (κ3) is 6.09. The van der Waals surface area contributed by atoms with E-state index in [9.17, 15) is 9.59 Å². The highest BCUT2D eigenvalue weighted by Gasteiger charge is 2.44. The van der Waals surface area contributed by atoms with Crippen LogP contribution >= 0.6 is 0 Å². The van der Waals surface area contributed by atoms with E-state index in [-0.39, 0.29) is 35.9 Å². The molecular formula is C40H44N2O5. The van der Waals surface area contributed by atoms with Crippen molar-refractivity contribution >= 4 is 12.0 Å². The topological polar surface area (TPSA) is 77.1 Å². The number of methoxy groups -OCH3 is 1. The molecule has 7 nitrogen and oxygen atoms in total. The van der Waals surface area contributed by atoms with Gasteiger partial charge in [0.1, 0.15) is 18.1 Å². The monoisotopic (exact) mass is 632 g/mol. The highest BCUT2D eigenvalue weighted by Crippen LogP contribution is 2.50. The number of fused-ring (bicyclic) bond motifs is 4. The van der Waals surface area contributed by atoms with E-state index in [1.165, 1.54) is 27.8 Å². The number of likely N-dealkylation sites (tertiary alicyclic amines) is 1. The van der Waals surface area contributed by atoms with Crippen molar-refractivity contribution < 1.29 is 23.8 Å². The number of amides is 2. The van der Waals surface area contributed by atoms with Gasteiger partial charge in [0, 0.05) is 50.2 Å². The second kappa shape index (κ2) is 13.8. The van der Waals surface area contributed by atoms with Gasteiger partial charge in [0.15, 0.2) is 0 Å². The van der Waals surface area contributed by atoms with Crippen LogP contribution in [0, 0.1) is 5.92 Å². The van der Waals surface area contributed by atoms with Crippen molar-refractivity contribution in [3.63, 3.8) is 0 Å². The zero-order valence-electron chi connectivity index (χ0n) is 27.2. The number of carbonyl (C=O) groups is 2. The number of allylic oxidation sites excluding steroid dienone is 2. The van der Waals surface area contributed by atoms with Crippen molar-refractivity contribution in [3.8, 4) is 16.9 Å². The minimum absolute atomic E-state index is 0.00473. The lowest BCUT2D eigenvalue weighted by atomic mass is 9.66. The van der Waals surface area contributed by atoms with Crippen LogP contribution in [0.1, 0.15) is 67.6 Å². The van der Waals surface area contributed by atoms with Gasteiger partial charge in [0.05, 0.1) is 5.92 Å². The number of hydrogen-bond donors (Lipinski definition) is 1. The molecule has 3 aromatic rings. The third-order valence-corrected chi connectivity index (χ3v) is 10.5. The molecule has 244 valence electrons. The highest BCUT2D eigenvalue weighted by molar-refractivity contribution is 5.81. The van der Waals surface area contributed by atoms with Crippen molar-refractivity contribution in [2.24, 2.45) is 5.92 Å². The van der Waals surface area contributed by atoms with Crippen LogP contribution in [0.3, 0.4) is 0 Å². The van der Waals surface area contributed by atoms with Gasteiger partial charge in [-0.3, -0.25) is 4.79 Å². The number of piperidine rings is 1. The zero-order valence-corrected chi connectivity index (χ0v) is 27.2. The lowest BCUT2D eigenvalue weighted by Crippen LogP contribution is -2.50. The lowest BCUT2D eigenvalue weighted by molar-refractivity contribution is -0.126. The number of unbranched alkanes of at least 4 members (excludes halogenated alkanes) is 1. The van der Waals surface area contributed by atoms with Crippen LogP contribution in [0.15, 0.2) is 96.3 Å². The Morgan fingerprint density at radius 1 is 0.979 bits per heavy atom. The first-order valence-corrected chi connectivity index (χ1v) is 17.1. The summed E-state index contributed by atoms with van der Waals surface area (Å²) in [5.74, 6) is 1.49. The Morgan fingerprint density at radius 3 is 2.51 bits per heavy atom. The summed E-state index contributed by atoms with van der Waals surface area (Å²) in [6.07, 6.45) is 10.1. The van der Waals surface area contributed by atoms with Crippen LogP contribution in [0.4, 0.5) is 4.79 Å². The molecule has 0 bridgehead atoms. The van der Waals surface area contributed by atoms with Gasteiger partial charge in [0.25, 0.3) is 0 Å². The molecule has 1 fully saturated rings. The van der Waals surface area contributed by atoms with Crippen molar-refractivity contribution in [2.45, 2.75) is 56.3 Å². The Bertz CT molecular complexity index is 1650. The van der Waals surface area contributed by atoms with E-state index in [2.05, 4.69) is 66.0 Å². The minimum Gasteiger partial charge on any atom is -0.457 e. The number of benzene rings is 3. The highest BCUT2D eigenvalue weighted by atomic mass is 16.6. The number of hydrogen-bond acceptors (Lipinski definition) is 5. The summed E-state index contributed by atoms with van der Waals surface area (Å²) >= 11 is 0. The van der Waals surface area contributed by atoms with Crippen LogP contribution in [0.2, 0.25) is 0 Å². The normalized spacial score (nSPS) is 21.3. The Balaban J connectivity index is 1.03. The average Bonchev–Trinajstić information content (AvgIpc) is 3.44. The fraction of sp³-hybridized carbons (Fsp3) is 0.400. The second-order valence-electron chi connectivity index (χ2n) is 13.2. The van der Waals surface area contributed by atoms with Gasteiger partial charge in [-0.1, -0.05) is 72.8 Å². The summed E-state index contributed by atoms with van der Waals surface area (Å²) < 4.78 is 17.7. The van der Waals surface area contributed by atoms with Crippen molar-refractivity contribution in [1.29, 1.82) is 0 Å². The van der Waals surface area contributed by atoms with E-state index in [0.29, 0.717) is 26.2 Å². The summed E-state index contributed by atoms with van der Waals surface area (Å²) in [5.41, 5.74) is 6.82. The number of ether oxygens (including phenoxy) is 3. The zero-order chi connectivity index (χ0) is 32.2. The largest absolute Gasteiger partial charge is 0.457 e. The molecule has 4 aliphatic rings. The van der Waals surface area contributed by atoms with E-state index in [1.807, 2.05) is 24.3 Å². The third-order valence-electron chi connectivity index (χ3n) is 10.5. The van der Waals surface area contributed by atoms with Gasteiger partial charge >= 0.3 is 6.09 Å². The maximum atomic E-state index is 13.9. The van der Waals surface area contributed by atoms with E-state index >= 15 is 0 Å². The Morgan fingerprint density at radius 2 is 1.72 bits per heavy atom. The molecule has 3 aromatic carbocycles. The molecule has 2 aliphatic heterocycles. The van der Waals surface area contributed by atoms with E-state index in [0.717, 1.165) is 62.0 Å². The molecule has 0 aromatic heterocycles. The second-order valence-corrected chi connectivity index (χ2v) is 13.2. The molecule has 1 saturated heterocycles. The molecule has 0 spiro atoms. The fourth-order valence-electron chi connectivity index (χ4n) is 8.12. The van der Waals surface area contributed by atoms with Gasteiger partial charge in [0.2, 0.25) is 5.91 Å². The first-order valence-electron chi connectivity index (χ1n) is 17.1. The van der Waals surface area contributed by atoms with E-state index < -0.39 is 0 Å². The van der Waals surface area contributed by atoms with Crippen molar-refractivity contribution in [1.82, 2.24) is 10.2 Å². The molecule has 7 rings (SSSR count). The molecule has 47 heavy (non-hydrogen) atoms. The maximum Gasteiger partial charge on any atom is 0.409 e. The molecule has 0 saturated carbocycles. The Hall–Kier alpha value is -4.36. The Labute approximate surface area is 277 Å².